The van der Waals surface area contributed by atoms with Crippen molar-refractivity contribution in [3.63, 3.8) is 0 Å². The van der Waals surface area contributed by atoms with Crippen LogP contribution in [0, 0.1) is 11.2 Å². The number of nitrogens with zero attached hydrogens (tertiary/aromatic N) is 4. The minimum Gasteiger partial charge on any atom is -0.482 e. The highest BCUT2D eigenvalue weighted by Crippen LogP contribution is 2.36. The smallest absolute Gasteiger partial charge is 0.482 e. The lowest BCUT2D eigenvalue weighted by molar-refractivity contribution is 0.226. The van der Waals surface area contributed by atoms with Crippen LogP contribution in [0.15, 0.2) is 66.0 Å². The maximum Gasteiger partial charge on any atom is 0.488 e. The van der Waals surface area contributed by atoms with Crippen molar-refractivity contribution in [3.05, 3.63) is 89.0 Å². The molecule has 43 heavy (non-hydrogen) atoms. The van der Waals surface area contributed by atoms with Gasteiger partial charge >= 0.3 is 7.12 Å². The first-order valence-corrected chi connectivity index (χ1v) is 13.6. The van der Waals surface area contributed by atoms with Crippen LogP contribution in [-0.4, -0.2) is 66.1 Å². The minimum atomic E-state index is -1.55. The third-order valence-corrected chi connectivity index (χ3v) is 7.08. The zero-order valence-corrected chi connectivity index (χ0v) is 24.0. The lowest BCUT2D eigenvalue weighted by Gasteiger charge is -2.26. The molecule has 5 N–H and O–H groups in total. The second-order valence-electron chi connectivity index (χ2n) is 10.5. The first kappa shape index (κ1) is 30.1. The van der Waals surface area contributed by atoms with E-state index in [0.717, 1.165) is 5.56 Å². The SMILES string of the molecule is [B]C([B])(C)n1ncc2c1-c1cnc(NCc3ccc(B(O)O)cc3)c(c1)O[C@H](C)c1cc(F)ccc1C(=N)/C(=N\NC)C2. The molecule has 214 valence electrons. The lowest BCUT2D eigenvalue weighted by Crippen LogP contribution is -2.32. The molecule has 0 saturated carbocycles. The number of benzene rings is 2. The van der Waals surface area contributed by atoms with Gasteiger partial charge in [0.05, 0.1) is 39.0 Å². The van der Waals surface area contributed by atoms with Crippen LogP contribution in [0.3, 0.4) is 0 Å². The molecule has 4 radical (unpaired) electrons. The fourth-order valence-electron chi connectivity index (χ4n) is 4.98. The molecule has 5 rings (SSSR count). The second kappa shape index (κ2) is 12.1. The van der Waals surface area contributed by atoms with Gasteiger partial charge in [0.15, 0.2) is 11.6 Å². The lowest BCUT2D eigenvalue weighted by atomic mass is 9.63. The summed E-state index contributed by atoms with van der Waals surface area (Å²) in [6.45, 7) is 3.75. The van der Waals surface area contributed by atoms with Crippen molar-refractivity contribution in [3.8, 4) is 17.0 Å². The number of nitrogens with one attached hydrogen (secondary N) is 3. The van der Waals surface area contributed by atoms with E-state index in [1.165, 1.54) is 16.8 Å². The molecule has 1 aliphatic rings. The van der Waals surface area contributed by atoms with Crippen LogP contribution in [0.1, 0.15) is 42.2 Å². The molecule has 3 heterocycles. The van der Waals surface area contributed by atoms with Crippen molar-refractivity contribution in [2.24, 2.45) is 5.10 Å². The molecule has 1 atom stereocenters. The van der Waals surface area contributed by atoms with E-state index in [2.05, 4.69) is 25.9 Å². The van der Waals surface area contributed by atoms with E-state index < -0.39 is 24.4 Å². The number of rotatable bonds is 6. The third-order valence-electron chi connectivity index (χ3n) is 7.08. The molecule has 0 saturated heterocycles. The van der Waals surface area contributed by atoms with Crippen molar-refractivity contribution < 1.29 is 19.2 Å². The average molecular weight is 575 g/mol. The van der Waals surface area contributed by atoms with Crippen LogP contribution in [0.5, 0.6) is 5.75 Å². The fourth-order valence-corrected chi connectivity index (χ4v) is 4.98. The summed E-state index contributed by atoms with van der Waals surface area (Å²) in [6.07, 6.45) is 2.78. The summed E-state index contributed by atoms with van der Waals surface area (Å²) in [4.78, 5) is 4.67. The van der Waals surface area contributed by atoms with Gasteiger partial charge in [-0.2, -0.15) is 10.2 Å². The maximum absolute atomic E-state index is 14.5. The molecule has 0 unspecified atom stereocenters. The zero-order chi connectivity index (χ0) is 30.9. The summed E-state index contributed by atoms with van der Waals surface area (Å²) in [6, 6.07) is 12.8. The molecule has 0 spiro atoms. The molecule has 2 aromatic heterocycles. The highest BCUT2D eigenvalue weighted by Gasteiger charge is 2.27. The molecule has 2 aromatic carbocycles. The summed E-state index contributed by atoms with van der Waals surface area (Å²) >= 11 is 0. The molecule has 2 bridgehead atoms. The van der Waals surface area contributed by atoms with Gasteiger partial charge in [-0.25, -0.2) is 9.37 Å². The summed E-state index contributed by atoms with van der Waals surface area (Å²) in [5.74, 6) is 0.324. The normalized spacial score (nSPS) is 15.9. The predicted molar refractivity (Wildman–Crippen MR) is 167 cm³/mol. The van der Waals surface area contributed by atoms with E-state index in [4.69, 9.17) is 25.8 Å². The van der Waals surface area contributed by atoms with Gasteiger partial charge < -0.3 is 25.5 Å². The maximum atomic E-state index is 14.5. The van der Waals surface area contributed by atoms with Crippen molar-refractivity contribution >= 4 is 45.5 Å². The Hall–Kier alpha value is -4.42. The highest BCUT2D eigenvalue weighted by molar-refractivity contribution is 6.58. The Morgan fingerprint density at radius 2 is 1.93 bits per heavy atom. The van der Waals surface area contributed by atoms with Crippen LogP contribution < -0.4 is 20.9 Å². The van der Waals surface area contributed by atoms with Gasteiger partial charge in [0.2, 0.25) is 0 Å². The van der Waals surface area contributed by atoms with Gasteiger partial charge in [0, 0.05) is 48.5 Å². The van der Waals surface area contributed by atoms with Gasteiger partial charge in [0.25, 0.3) is 0 Å². The van der Waals surface area contributed by atoms with E-state index in [9.17, 15) is 14.4 Å². The topological polar surface area (TPSA) is 141 Å². The molecule has 1 aliphatic heterocycles. The van der Waals surface area contributed by atoms with E-state index in [1.54, 1.807) is 69.7 Å². The number of hydrogen-bond donors (Lipinski definition) is 5. The van der Waals surface area contributed by atoms with Crippen molar-refractivity contribution in [1.82, 2.24) is 20.2 Å². The Labute approximate surface area is 251 Å². The van der Waals surface area contributed by atoms with E-state index >= 15 is 0 Å². The summed E-state index contributed by atoms with van der Waals surface area (Å²) < 4.78 is 22.5. The molecule has 0 fully saturated rings. The molecular weight excluding hydrogens is 546 g/mol. The van der Waals surface area contributed by atoms with Gasteiger partial charge in [-0.1, -0.05) is 31.2 Å². The Morgan fingerprint density at radius 3 is 2.60 bits per heavy atom. The quantitative estimate of drug-likeness (QED) is 0.175. The number of fused-ring (bicyclic) bond motifs is 5. The first-order valence-electron chi connectivity index (χ1n) is 13.6. The van der Waals surface area contributed by atoms with E-state index in [-0.39, 0.29) is 12.1 Å². The van der Waals surface area contributed by atoms with Crippen molar-refractivity contribution in [1.29, 1.82) is 5.41 Å². The fraction of sp³-hybridized carbons (Fsp3) is 0.241. The van der Waals surface area contributed by atoms with Crippen LogP contribution >= 0.6 is 0 Å². The monoisotopic (exact) mass is 575 g/mol. The highest BCUT2D eigenvalue weighted by atomic mass is 19.1. The van der Waals surface area contributed by atoms with Crippen molar-refractivity contribution in [2.45, 2.75) is 38.3 Å². The predicted octanol–water partition coefficient (Wildman–Crippen LogP) is 1.98. The Bertz CT molecular complexity index is 1690. The molecule has 0 amide bonds. The molecule has 0 aliphatic carbocycles. The third kappa shape index (κ3) is 6.35. The zero-order valence-electron chi connectivity index (χ0n) is 24.0. The number of pyridine rings is 1. The standard InChI is InChI=1S/C29H29B3FN7O3/c1-16-23-12-21(33)8-9-22(23)26(34)24(39-35-3)10-18-15-38-40(29(2,30)31)27(18)19-11-25(43-16)28(37-14-19)36-13-17-4-6-20(7-5-17)32(41)42/h4-9,11-12,14-16,34-35,41-42H,10,13H2,1-3H3,(H,36,37)/b34-26?,39-24-/t16-/m1/s1. The summed E-state index contributed by atoms with van der Waals surface area (Å²) in [5.41, 5.74) is 7.32. The first-order chi connectivity index (χ1) is 20.5. The molecule has 4 aromatic rings. The largest absolute Gasteiger partial charge is 0.488 e. The van der Waals surface area contributed by atoms with Gasteiger partial charge in [-0.05, 0) is 47.6 Å². The number of anilines is 1. The molecule has 10 nitrogen and oxygen atoms in total. The van der Waals surface area contributed by atoms with Gasteiger partial charge in [-0.3, -0.25) is 10.1 Å². The van der Waals surface area contributed by atoms with Crippen molar-refractivity contribution in [2.75, 3.05) is 12.4 Å². The number of hydrogen-bond acceptors (Lipinski definition) is 9. The number of aromatic nitrogens is 3. The van der Waals surface area contributed by atoms with Crippen LogP contribution in [0.25, 0.3) is 11.3 Å². The van der Waals surface area contributed by atoms with Crippen LogP contribution in [0.4, 0.5) is 10.2 Å². The number of ether oxygens (including phenoxy) is 1. The minimum absolute atomic E-state index is 0.0962. The Morgan fingerprint density at radius 1 is 1.19 bits per heavy atom. The summed E-state index contributed by atoms with van der Waals surface area (Å²) in [7, 11) is 12.7. The summed E-state index contributed by atoms with van der Waals surface area (Å²) in [5, 5.41) is 38.6. The van der Waals surface area contributed by atoms with Crippen LogP contribution in [0.2, 0.25) is 0 Å². The number of hydrazone groups is 1. The van der Waals surface area contributed by atoms with Gasteiger partial charge in [0.1, 0.15) is 11.9 Å². The molecular formula is C29H29B3FN7O3. The average Bonchev–Trinajstić information content (AvgIpc) is 3.40. The Kier molecular flexibility index (Phi) is 8.43. The van der Waals surface area contributed by atoms with Crippen LogP contribution in [-0.2, 0) is 18.3 Å². The van der Waals surface area contributed by atoms with Gasteiger partial charge in [-0.15, -0.1) is 0 Å². The Balaban J connectivity index is 1.65. The van der Waals surface area contributed by atoms with E-state index in [0.29, 0.717) is 57.2 Å². The number of halogens is 1. The molecule has 14 heteroatoms. The second-order valence-corrected chi connectivity index (χ2v) is 10.5. The van der Waals surface area contributed by atoms with E-state index in [1.807, 2.05) is 0 Å².